The van der Waals surface area contributed by atoms with Crippen LogP contribution in [-0.4, -0.2) is 12.5 Å². The van der Waals surface area contributed by atoms with Crippen molar-refractivity contribution >= 4 is 5.91 Å². The number of carbonyl (C=O) groups is 1. The minimum atomic E-state index is -0.0241. The lowest BCUT2D eigenvalue weighted by Gasteiger charge is -2.25. The summed E-state index contributed by atoms with van der Waals surface area (Å²) in [5, 5.41) is 3.01. The molecule has 1 aromatic rings. The van der Waals surface area contributed by atoms with Gasteiger partial charge in [-0.3, -0.25) is 4.79 Å². The van der Waals surface area contributed by atoms with Crippen LogP contribution >= 0.6 is 0 Å². The van der Waals surface area contributed by atoms with E-state index in [0.717, 1.165) is 17.9 Å². The van der Waals surface area contributed by atoms with Crippen LogP contribution in [0.2, 0.25) is 0 Å². The highest BCUT2D eigenvalue weighted by molar-refractivity contribution is 5.94. The van der Waals surface area contributed by atoms with Crippen molar-refractivity contribution in [2.45, 2.75) is 59.8 Å². The van der Waals surface area contributed by atoms with Crippen LogP contribution in [0.25, 0.3) is 0 Å². The molecule has 0 aliphatic carbocycles. The van der Waals surface area contributed by atoms with Gasteiger partial charge in [-0.1, -0.05) is 52.9 Å². The number of amides is 1. The second-order valence-corrected chi connectivity index (χ2v) is 7.30. The molecule has 0 aromatic heterocycles. The van der Waals surface area contributed by atoms with E-state index in [4.69, 9.17) is 6.42 Å². The summed E-state index contributed by atoms with van der Waals surface area (Å²) in [6, 6.07) is 7.16. The Bertz CT molecular complexity index is 522. The first-order valence-electron chi connectivity index (χ1n) is 8.73. The summed E-state index contributed by atoms with van der Waals surface area (Å²) in [6.07, 6.45) is 11.4. The summed E-state index contributed by atoms with van der Waals surface area (Å²) < 4.78 is 0. The average molecular weight is 313 g/mol. The highest BCUT2D eigenvalue weighted by Gasteiger charge is 2.18. The molecule has 0 bridgehead atoms. The Hall–Kier alpha value is -1.75. The first kappa shape index (κ1) is 19.3. The smallest absolute Gasteiger partial charge is 0.251 e. The molecule has 0 saturated carbocycles. The van der Waals surface area contributed by atoms with Crippen LogP contribution in [0, 0.1) is 23.7 Å². The van der Waals surface area contributed by atoms with Gasteiger partial charge in [0, 0.05) is 17.7 Å². The van der Waals surface area contributed by atoms with Crippen LogP contribution in [0.3, 0.4) is 0 Å². The zero-order valence-electron chi connectivity index (χ0n) is 15.1. The molecule has 23 heavy (non-hydrogen) atoms. The Kier molecular flexibility index (Phi) is 7.89. The van der Waals surface area contributed by atoms with E-state index < -0.39 is 0 Å². The van der Waals surface area contributed by atoms with Crippen LogP contribution < -0.4 is 5.32 Å². The molecule has 1 N–H and O–H groups in total. The van der Waals surface area contributed by atoms with Crippen LogP contribution in [0.15, 0.2) is 24.3 Å². The Morgan fingerprint density at radius 2 is 1.91 bits per heavy atom. The van der Waals surface area contributed by atoms with Gasteiger partial charge in [0.25, 0.3) is 5.91 Å². The van der Waals surface area contributed by atoms with Crippen molar-refractivity contribution in [3.8, 4) is 12.3 Å². The number of rotatable bonds is 9. The molecule has 1 atom stereocenters. The molecule has 0 saturated heterocycles. The molecule has 0 spiro atoms. The number of carbonyl (C=O) groups excluding carboxylic acids is 1. The van der Waals surface area contributed by atoms with Crippen molar-refractivity contribution < 1.29 is 4.79 Å². The quantitative estimate of drug-likeness (QED) is 0.636. The van der Waals surface area contributed by atoms with Crippen molar-refractivity contribution in [2.24, 2.45) is 11.3 Å². The van der Waals surface area contributed by atoms with E-state index in [0.29, 0.717) is 12.1 Å². The second kappa shape index (κ2) is 9.40. The molecule has 1 unspecified atom stereocenters. The van der Waals surface area contributed by atoms with Gasteiger partial charge in [0.15, 0.2) is 0 Å². The van der Waals surface area contributed by atoms with E-state index in [1.54, 1.807) is 24.3 Å². The molecule has 0 aliphatic heterocycles. The summed E-state index contributed by atoms with van der Waals surface area (Å²) in [7, 11) is 0. The summed E-state index contributed by atoms with van der Waals surface area (Å²) in [4.78, 5) is 12.1. The van der Waals surface area contributed by atoms with Crippen molar-refractivity contribution in [3.63, 3.8) is 0 Å². The number of benzene rings is 1. The highest BCUT2D eigenvalue weighted by atomic mass is 16.1. The van der Waals surface area contributed by atoms with E-state index in [9.17, 15) is 4.79 Å². The third kappa shape index (κ3) is 7.37. The summed E-state index contributed by atoms with van der Waals surface area (Å²) >= 11 is 0. The third-order valence-electron chi connectivity index (χ3n) is 4.65. The van der Waals surface area contributed by atoms with Gasteiger partial charge in [-0.15, -0.1) is 6.42 Å². The zero-order valence-corrected chi connectivity index (χ0v) is 15.1. The molecule has 1 amide bonds. The van der Waals surface area contributed by atoms with Gasteiger partial charge in [-0.2, -0.15) is 0 Å². The summed E-state index contributed by atoms with van der Waals surface area (Å²) in [5.41, 5.74) is 1.73. The Morgan fingerprint density at radius 3 is 2.48 bits per heavy atom. The Labute approximate surface area is 142 Å². The van der Waals surface area contributed by atoms with Crippen molar-refractivity contribution in [1.82, 2.24) is 5.32 Å². The fourth-order valence-electron chi connectivity index (χ4n) is 2.59. The standard InChI is InChI=1S/C21H31NO/c1-6-17(3)9-8-14-21(4,5)15-16-22-20(23)19-12-10-18(7-2)11-13-19/h2,10-13,17H,6,8-9,14-16H2,1,3-5H3,(H,22,23). The van der Waals surface area contributed by atoms with Crippen LogP contribution in [0.5, 0.6) is 0 Å². The molecule has 2 heteroatoms. The zero-order chi connectivity index (χ0) is 17.3. The van der Waals surface area contributed by atoms with Crippen molar-refractivity contribution in [2.75, 3.05) is 6.54 Å². The van der Waals surface area contributed by atoms with E-state index in [2.05, 4.69) is 38.9 Å². The molecule has 126 valence electrons. The van der Waals surface area contributed by atoms with Crippen LogP contribution in [0.1, 0.15) is 75.7 Å². The lowest BCUT2D eigenvalue weighted by Crippen LogP contribution is -2.28. The fraction of sp³-hybridized carbons (Fsp3) is 0.571. The van der Waals surface area contributed by atoms with E-state index >= 15 is 0 Å². The SMILES string of the molecule is C#Cc1ccc(C(=O)NCCC(C)(C)CCCC(C)CC)cc1. The molecule has 1 rings (SSSR count). The van der Waals surface area contributed by atoms with Gasteiger partial charge >= 0.3 is 0 Å². The lowest BCUT2D eigenvalue weighted by molar-refractivity contribution is 0.0948. The summed E-state index contributed by atoms with van der Waals surface area (Å²) in [5.74, 6) is 3.35. The predicted octanol–water partition coefficient (Wildman–Crippen LogP) is 5.03. The van der Waals surface area contributed by atoms with Crippen LogP contribution in [-0.2, 0) is 0 Å². The van der Waals surface area contributed by atoms with Gasteiger partial charge in [-0.25, -0.2) is 0 Å². The average Bonchev–Trinajstić information content (AvgIpc) is 2.54. The predicted molar refractivity (Wildman–Crippen MR) is 98.4 cm³/mol. The van der Waals surface area contributed by atoms with Gasteiger partial charge in [0.05, 0.1) is 0 Å². The number of hydrogen-bond donors (Lipinski definition) is 1. The molecule has 2 nitrogen and oxygen atoms in total. The first-order chi connectivity index (χ1) is 10.9. The number of hydrogen-bond acceptors (Lipinski definition) is 1. The van der Waals surface area contributed by atoms with Crippen LogP contribution in [0.4, 0.5) is 0 Å². The summed E-state index contributed by atoms with van der Waals surface area (Å²) in [6.45, 7) is 9.86. The van der Waals surface area contributed by atoms with E-state index in [1.165, 1.54) is 25.7 Å². The van der Waals surface area contributed by atoms with E-state index in [-0.39, 0.29) is 11.3 Å². The topological polar surface area (TPSA) is 29.1 Å². The minimum absolute atomic E-state index is 0.0241. The fourth-order valence-corrected chi connectivity index (χ4v) is 2.59. The van der Waals surface area contributed by atoms with Crippen molar-refractivity contribution in [3.05, 3.63) is 35.4 Å². The Balaban J connectivity index is 2.33. The normalized spacial score (nSPS) is 12.5. The number of terminal acetylenes is 1. The monoisotopic (exact) mass is 313 g/mol. The molecule has 0 aliphatic rings. The largest absolute Gasteiger partial charge is 0.352 e. The van der Waals surface area contributed by atoms with E-state index in [1.807, 2.05) is 0 Å². The molecular formula is C21H31NO. The van der Waals surface area contributed by atoms with Crippen molar-refractivity contribution in [1.29, 1.82) is 0 Å². The Morgan fingerprint density at radius 1 is 1.26 bits per heavy atom. The van der Waals surface area contributed by atoms with Gasteiger partial charge in [-0.05, 0) is 48.4 Å². The molecule has 0 radical (unpaired) electrons. The third-order valence-corrected chi connectivity index (χ3v) is 4.65. The van der Waals surface area contributed by atoms with Gasteiger partial charge < -0.3 is 5.32 Å². The minimum Gasteiger partial charge on any atom is -0.352 e. The molecule has 0 fully saturated rings. The maximum atomic E-state index is 12.1. The highest BCUT2D eigenvalue weighted by Crippen LogP contribution is 2.28. The molecular weight excluding hydrogens is 282 g/mol. The van der Waals surface area contributed by atoms with Gasteiger partial charge in [0.1, 0.15) is 0 Å². The molecule has 1 aromatic carbocycles. The lowest BCUT2D eigenvalue weighted by atomic mass is 9.82. The first-order valence-corrected chi connectivity index (χ1v) is 8.73. The van der Waals surface area contributed by atoms with Gasteiger partial charge in [0.2, 0.25) is 0 Å². The maximum Gasteiger partial charge on any atom is 0.251 e. The molecule has 0 heterocycles. The second-order valence-electron chi connectivity index (χ2n) is 7.30. The maximum absolute atomic E-state index is 12.1. The number of nitrogens with one attached hydrogen (secondary N) is 1.